The average Bonchev–Trinajstić information content (AvgIpc) is 2.77. The molecule has 32 heavy (non-hydrogen) atoms. The summed E-state index contributed by atoms with van der Waals surface area (Å²) in [4.78, 5) is 30.9. The summed E-state index contributed by atoms with van der Waals surface area (Å²) in [5.41, 5.74) is 0.654. The zero-order valence-electron chi connectivity index (χ0n) is 17.3. The van der Waals surface area contributed by atoms with Crippen molar-refractivity contribution >= 4 is 28.6 Å². The van der Waals surface area contributed by atoms with Gasteiger partial charge in [0, 0.05) is 45.7 Å². The van der Waals surface area contributed by atoms with Crippen molar-refractivity contribution in [2.24, 2.45) is 0 Å². The largest absolute Gasteiger partial charge is 0.465 e. The van der Waals surface area contributed by atoms with E-state index >= 15 is 0 Å². The normalized spacial score (nSPS) is 14.6. The first-order valence-electron chi connectivity index (χ1n) is 10.3. The lowest BCUT2D eigenvalue weighted by Crippen LogP contribution is -2.55. The number of fused-ring (bicyclic) bond motifs is 1. The van der Waals surface area contributed by atoms with Crippen molar-refractivity contribution in [1.82, 2.24) is 19.9 Å². The van der Waals surface area contributed by atoms with Gasteiger partial charge in [-0.3, -0.25) is 9.69 Å². The Morgan fingerprint density at radius 1 is 1.12 bits per heavy atom. The molecule has 0 radical (unpaired) electrons. The molecule has 4 rings (SSSR count). The fraction of sp³-hybridized carbons (Fsp3) is 0.318. The molecule has 1 aromatic heterocycles. The third-order valence-corrected chi connectivity index (χ3v) is 5.79. The maximum Gasteiger partial charge on any atom is 0.404 e. The van der Waals surface area contributed by atoms with E-state index in [-0.39, 0.29) is 34.7 Å². The standard InChI is InChI=1S/C22H23ClFN5O3/c23-16-6-7-17(24)20-19(16)21(30)29(18(26-20)8-9-25-22(31)32)28-12-10-27(11-13-28)14-15-4-2-1-3-5-15/h1-7,25H,8-14H2,(H,31,32). The second kappa shape index (κ2) is 9.54. The highest BCUT2D eigenvalue weighted by Gasteiger charge is 2.24. The van der Waals surface area contributed by atoms with Crippen LogP contribution in [0.15, 0.2) is 47.3 Å². The van der Waals surface area contributed by atoms with Gasteiger partial charge >= 0.3 is 6.09 Å². The Hall–Kier alpha value is -3.17. The van der Waals surface area contributed by atoms with Crippen molar-refractivity contribution in [2.75, 3.05) is 37.7 Å². The van der Waals surface area contributed by atoms with Gasteiger partial charge in [0.15, 0.2) is 0 Å². The Labute approximate surface area is 188 Å². The summed E-state index contributed by atoms with van der Waals surface area (Å²) in [5.74, 6) is -0.359. The van der Waals surface area contributed by atoms with Crippen LogP contribution in [0.1, 0.15) is 11.4 Å². The van der Waals surface area contributed by atoms with Crippen molar-refractivity contribution in [1.29, 1.82) is 0 Å². The minimum absolute atomic E-state index is 0.0216. The summed E-state index contributed by atoms with van der Waals surface area (Å²) < 4.78 is 15.8. The third-order valence-electron chi connectivity index (χ3n) is 5.47. The molecule has 0 atom stereocenters. The fourth-order valence-corrected chi connectivity index (χ4v) is 4.16. The molecule has 0 unspecified atom stereocenters. The average molecular weight is 460 g/mol. The summed E-state index contributed by atoms with van der Waals surface area (Å²) in [6.45, 7) is 3.43. The molecule has 1 amide bonds. The number of nitrogens with zero attached hydrogens (tertiary/aromatic N) is 4. The number of amides is 1. The topological polar surface area (TPSA) is 90.7 Å². The van der Waals surface area contributed by atoms with E-state index in [4.69, 9.17) is 16.7 Å². The molecule has 0 aliphatic carbocycles. The number of piperazine rings is 1. The van der Waals surface area contributed by atoms with Crippen LogP contribution in [-0.4, -0.2) is 58.5 Å². The number of hydrogen-bond donors (Lipinski definition) is 2. The number of aromatic nitrogens is 2. The lowest BCUT2D eigenvalue weighted by atomic mass is 10.2. The Kier molecular flexibility index (Phi) is 6.57. The predicted molar refractivity (Wildman–Crippen MR) is 120 cm³/mol. The summed E-state index contributed by atoms with van der Waals surface area (Å²) in [7, 11) is 0. The Bertz CT molecular complexity index is 1180. The maximum atomic E-state index is 14.4. The van der Waals surface area contributed by atoms with E-state index < -0.39 is 17.5 Å². The molecule has 2 N–H and O–H groups in total. The van der Waals surface area contributed by atoms with Gasteiger partial charge in [0.2, 0.25) is 0 Å². The molecule has 168 valence electrons. The second-order valence-electron chi connectivity index (χ2n) is 7.60. The molecule has 0 saturated carbocycles. The zero-order valence-corrected chi connectivity index (χ0v) is 18.1. The summed E-state index contributed by atoms with van der Waals surface area (Å²) >= 11 is 6.22. The number of halogens is 2. The van der Waals surface area contributed by atoms with E-state index in [1.54, 1.807) is 0 Å². The van der Waals surface area contributed by atoms with Crippen LogP contribution in [-0.2, 0) is 13.0 Å². The van der Waals surface area contributed by atoms with Crippen molar-refractivity contribution < 1.29 is 14.3 Å². The van der Waals surface area contributed by atoms with Crippen LogP contribution in [0.25, 0.3) is 10.9 Å². The van der Waals surface area contributed by atoms with Crippen molar-refractivity contribution in [3.05, 3.63) is 75.0 Å². The Morgan fingerprint density at radius 2 is 1.84 bits per heavy atom. The number of nitrogens with one attached hydrogen (secondary N) is 1. The highest BCUT2D eigenvalue weighted by atomic mass is 35.5. The van der Waals surface area contributed by atoms with Gasteiger partial charge in [0.25, 0.3) is 5.56 Å². The molecular formula is C22H23ClFN5O3. The van der Waals surface area contributed by atoms with Crippen LogP contribution in [0.5, 0.6) is 0 Å². The highest BCUT2D eigenvalue weighted by molar-refractivity contribution is 6.35. The smallest absolute Gasteiger partial charge is 0.404 e. The highest BCUT2D eigenvalue weighted by Crippen LogP contribution is 2.22. The molecule has 0 spiro atoms. The molecule has 3 aromatic rings. The monoisotopic (exact) mass is 459 g/mol. The second-order valence-corrected chi connectivity index (χ2v) is 8.00. The molecule has 8 nitrogen and oxygen atoms in total. The van der Waals surface area contributed by atoms with E-state index in [1.807, 2.05) is 23.2 Å². The van der Waals surface area contributed by atoms with Gasteiger partial charge in [-0.25, -0.2) is 18.8 Å². The molecule has 1 fully saturated rings. The van der Waals surface area contributed by atoms with Gasteiger partial charge in [-0.05, 0) is 17.7 Å². The van der Waals surface area contributed by atoms with Gasteiger partial charge in [-0.15, -0.1) is 0 Å². The first kappa shape index (κ1) is 22.0. The molecule has 0 bridgehead atoms. The van der Waals surface area contributed by atoms with Crippen molar-refractivity contribution in [3.63, 3.8) is 0 Å². The van der Waals surface area contributed by atoms with E-state index in [0.29, 0.717) is 13.1 Å². The van der Waals surface area contributed by atoms with Crippen LogP contribution >= 0.6 is 11.6 Å². The van der Waals surface area contributed by atoms with Crippen LogP contribution in [0.4, 0.5) is 9.18 Å². The molecule has 1 aliphatic heterocycles. The van der Waals surface area contributed by atoms with Crippen LogP contribution < -0.4 is 15.9 Å². The van der Waals surface area contributed by atoms with Gasteiger partial charge < -0.3 is 15.4 Å². The molecule has 1 saturated heterocycles. The lowest BCUT2D eigenvalue weighted by molar-refractivity contribution is 0.194. The van der Waals surface area contributed by atoms with Crippen molar-refractivity contribution in [2.45, 2.75) is 13.0 Å². The zero-order chi connectivity index (χ0) is 22.7. The van der Waals surface area contributed by atoms with E-state index in [1.165, 1.54) is 22.4 Å². The molecule has 2 aromatic carbocycles. The summed E-state index contributed by atoms with van der Waals surface area (Å²) in [5, 5.41) is 13.2. The van der Waals surface area contributed by atoms with Crippen LogP contribution in [0.3, 0.4) is 0 Å². The Morgan fingerprint density at radius 3 is 2.53 bits per heavy atom. The number of rotatable bonds is 6. The first-order valence-corrected chi connectivity index (χ1v) is 10.7. The number of hydrogen-bond acceptors (Lipinski definition) is 5. The molecule has 10 heteroatoms. The number of carbonyl (C=O) groups is 1. The lowest BCUT2D eigenvalue weighted by Gasteiger charge is -2.37. The van der Waals surface area contributed by atoms with Crippen molar-refractivity contribution in [3.8, 4) is 0 Å². The first-order chi connectivity index (χ1) is 15.4. The van der Waals surface area contributed by atoms with Gasteiger partial charge in [0.1, 0.15) is 17.2 Å². The molecule has 2 heterocycles. The predicted octanol–water partition coefficient (Wildman–Crippen LogP) is 2.45. The molecule has 1 aliphatic rings. The van der Waals surface area contributed by atoms with Gasteiger partial charge in [-0.2, -0.15) is 0 Å². The van der Waals surface area contributed by atoms with E-state index in [0.717, 1.165) is 19.6 Å². The van der Waals surface area contributed by atoms with E-state index in [9.17, 15) is 14.0 Å². The number of carboxylic acid groups (broad SMARTS) is 1. The minimum atomic E-state index is -1.18. The summed E-state index contributed by atoms with van der Waals surface area (Å²) in [6, 6.07) is 12.7. The SMILES string of the molecule is O=C(O)NCCc1nc2c(F)ccc(Cl)c2c(=O)n1N1CCN(Cc2ccccc2)CC1. The summed E-state index contributed by atoms with van der Waals surface area (Å²) in [6.07, 6.45) is -1.04. The fourth-order valence-electron chi connectivity index (χ4n) is 3.93. The molecular weight excluding hydrogens is 437 g/mol. The Balaban J connectivity index is 1.63. The van der Waals surface area contributed by atoms with Crippen LogP contribution in [0, 0.1) is 5.82 Å². The third kappa shape index (κ3) is 4.68. The van der Waals surface area contributed by atoms with Gasteiger partial charge in [0.05, 0.1) is 10.4 Å². The van der Waals surface area contributed by atoms with Crippen LogP contribution in [0.2, 0.25) is 5.02 Å². The maximum absolute atomic E-state index is 14.4. The minimum Gasteiger partial charge on any atom is -0.465 e. The van der Waals surface area contributed by atoms with Gasteiger partial charge in [-0.1, -0.05) is 41.9 Å². The quantitative estimate of drug-likeness (QED) is 0.588. The number of benzene rings is 2. The van der Waals surface area contributed by atoms with E-state index in [2.05, 4.69) is 27.3 Å².